The van der Waals surface area contributed by atoms with Gasteiger partial charge in [0.2, 0.25) is 5.91 Å². The number of hydrogen-bond donors (Lipinski definition) is 1. The molecule has 0 atom stereocenters. The number of anilines is 1. The Balaban J connectivity index is 1.96. The highest BCUT2D eigenvalue weighted by atomic mass is 32.2. The molecule has 1 heterocycles. The van der Waals surface area contributed by atoms with Gasteiger partial charge in [0.15, 0.2) is 0 Å². The summed E-state index contributed by atoms with van der Waals surface area (Å²) in [5.74, 6) is 0.374. The van der Waals surface area contributed by atoms with Crippen molar-refractivity contribution >= 4 is 34.3 Å². The molecule has 4 heteroatoms. The van der Waals surface area contributed by atoms with Crippen LogP contribution < -0.4 is 5.32 Å². The predicted molar refractivity (Wildman–Crippen MR) is 74.9 cm³/mol. The second-order valence-corrected chi connectivity index (χ2v) is 5.36. The van der Waals surface area contributed by atoms with E-state index in [0.29, 0.717) is 0 Å². The van der Waals surface area contributed by atoms with Crippen LogP contribution in [0.5, 0.6) is 0 Å². The van der Waals surface area contributed by atoms with Crippen molar-refractivity contribution in [3.8, 4) is 0 Å². The van der Waals surface area contributed by atoms with E-state index in [0.717, 1.165) is 29.4 Å². The van der Waals surface area contributed by atoms with Gasteiger partial charge in [0.25, 0.3) is 0 Å². The molecule has 1 aliphatic carbocycles. The van der Waals surface area contributed by atoms with E-state index in [1.54, 1.807) is 11.8 Å². The van der Waals surface area contributed by atoms with Crippen molar-refractivity contribution in [2.75, 3.05) is 11.6 Å². The molecule has 0 saturated heterocycles. The lowest BCUT2D eigenvalue weighted by molar-refractivity contribution is -0.117. The normalized spacial score (nSPS) is 14.7. The summed E-state index contributed by atoms with van der Waals surface area (Å²) >= 11 is 1.69. The van der Waals surface area contributed by atoms with E-state index >= 15 is 0 Å². The first-order valence-electron chi connectivity index (χ1n) is 6.01. The van der Waals surface area contributed by atoms with Crippen LogP contribution in [0.3, 0.4) is 0 Å². The highest BCUT2D eigenvalue weighted by Gasteiger charge is 2.29. The van der Waals surface area contributed by atoms with Gasteiger partial charge in [-0.1, -0.05) is 0 Å². The van der Waals surface area contributed by atoms with Crippen molar-refractivity contribution in [3.63, 3.8) is 0 Å². The molecule has 0 radical (unpaired) electrons. The zero-order valence-electron chi connectivity index (χ0n) is 10.1. The number of amides is 1. The highest BCUT2D eigenvalue weighted by molar-refractivity contribution is 7.98. The molecule has 2 aromatic rings. The Labute approximate surface area is 110 Å². The maximum Gasteiger partial charge on any atom is 0.227 e. The summed E-state index contributed by atoms with van der Waals surface area (Å²) < 4.78 is 0. The molecule has 0 spiro atoms. The lowest BCUT2D eigenvalue weighted by Gasteiger charge is -2.07. The molecule has 0 bridgehead atoms. The molecule has 3 rings (SSSR count). The molecule has 1 aliphatic rings. The second kappa shape index (κ2) is 4.61. The average molecular weight is 258 g/mol. The van der Waals surface area contributed by atoms with E-state index in [1.807, 2.05) is 36.7 Å². The third kappa shape index (κ3) is 2.20. The molecular formula is C14H14N2OS. The smallest absolute Gasteiger partial charge is 0.227 e. The van der Waals surface area contributed by atoms with Crippen molar-refractivity contribution in [2.24, 2.45) is 5.92 Å². The summed E-state index contributed by atoms with van der Waals surface area (Å²) in [5.41, 5.74) is 1.83. The van der Waals surface area contributed by atoms with E-state index in [1.165, 1.54) is 4.90 Å². The first kappa shape index (κ1) is 11.5. The van der Waals surface area contributed by atoms with Gasteiger partial charge < -0.3 is 5.32 Å². The van der Waals surface area contributed by atoms with E-state index in [-0.39, 0.29) is 11.8 Å². The molecule has 1 saturated carbocycles. The molecule has 3 nitrogen and oxygen atoms in total. The van der Waals surface area contributed by atoms with Gasteiger partial charge in [-0.25, -0.2) is 0 Å². The second-order valence-electron chi connectivity index (χ2n) is 4.51. The fourth-order valence-corrected chi connectivity index (χ4v) is 2.55. The number of rotatable bonds is 3. The quantitative estimate of drug-likeness (QED) is 0.859. The Morgan fingerprint density at radius 1 is 1.39 bits per heavy atom. The summed E-state index contributed by atoms with van der Waals surface area (Å²) in [6.07, 6.45) is 5.91. The number of benzene rings is 1. The number of carbonyl (C=O) groups excluding carboxylic acids is 1. The zero-order valence-corrected chi connectivity index (χ0v) is 11.0. The predicted octanol–water partition coefficient (Wildman–Crippen LogP) is 3.31. The lowest BCUT2D eigenvalue weighted by Crippen LogP contribution is -2.13. The van der Waals surface area contributed by atoms with Gasteiger partial charge in [-0.05, 0) is 43.4 Å². The molecule has 0 aliphatic heterocycles. The molecule has 1 amide bonds. The van der Waals surface area contributed by atoms with Gasteiger partial charge in [-0.15, -0.1) is 11.8 Å². The van der Waals surface area contributed by atoms with Gasteiger partial charge in [0, 0.05) is 28.1 Å². The minimum atomic E-state index is 0.143. The molecule has 1 N–H and O–H groups in total. The van der Waals surface area contributed by atoms with E-state index in [9.17, 15) is 4.79 Å². The topological polar surface area (TPSA) is 42.0 Å². The standard InChI is InChI=1S/C14H14N2OS/c1-18-13-6-7-15-12-5-4-10(8-11(12)13)16-14(17)9-2-3-9/h4-9H,2-3H2,1H3,(H,16,17). The number of pyridine rings is 1. The third-order valence-electron chi connectivity index (χ3n) is 3.14. The number of aromatic nitrogens is 1. The van der Waals surface area contributed by atoms with Crippen molar-refractivity contribution < 1.29 is 4.79 Å². The van der Waals surface area contributed by atoms with Crippen LogP contribution in [0.1, 0.15) is 12.8 Å². The van der Waals surface area contributed by atoms with Crippen LogP contribution >= 0.6 is 11.8 Å². The molecule has 0 unspecified atom stereocenters. The number of nitrogens with zero attached hydrogens (tertiary/aromatic N) is 1. The van der Waals surface area contributed by atoms with E-state index in [2.05, 4.69) is 10.3 Å². The van der Waals surface area contributed by atoms with Gasteiger partial charge in [0.05, 0.1) is 5.52 Å². The van der Waals surface area contributed by atoms with Crippen LogP contribution in [0, 0.1) is 5.92 Å². The third-order valence-corrected chi connectivity index (χ3v) is 3.93. The molecule has 1 aromatic heterocycles. The number of hydrogen-bond acceptors (Lipinski definition) is 3. The van der Waals surface area contributed by atoms with Crippen molar-refractivity contribution in [2.45, 2.75) is 17.7 Å². The summed E-state index contributed by atoms with van der Waals surface area (Å²) in [4.78, 5) is 17.2. The Kier molecular flexibility index (Phi) is 2.96. The molecule has 92 valence electrons. The Morgan fingerprint density at radius 3 is 2.94 bits per heavy atom. The number of carbonyl (C=O) groups is 1. The van der Waals surface area contributed by atoms with E-state index < -0.39 is 0 Å². The molecular weight excluding hydrogens is 244 g/mol. The largest absolute Gasteiger partial charge is 0.326 e. The Morgan fingerprint density at radius 2 is 2.22 bits per heavy atom. The highest BCUT2D eigenvalue weighted by Crippen LogP contribution is 2.31. The summed E-state index contributed by atoms with van der Waals surface area (Å²) in [6, 6.07) is 7.88. The zero-order chi connectivity index (χ0) is 12.5. The maximum atomic E-state index is 11.7. The number of nitrogens with one attached hydrogen (secondary N) is 1. The van der Waals surface area contributed by atoms with Crippen LogP contribution in [0.4, 0.5) is 5.69 Å². The first-order chi connectivity index (χ1) is 8.78. The minimum absolute atomic E-state index is 0.143. The van der Waals surface area contributed by atoms with Gasteiger partial charge in [-0.3, -0.25) is 9.78 Å². The Bertz CT molecular complexity index is 608. The maximum absolute atomic E-state index is 11.7. The molecule has 1 aromatic carbocycles. The van der Waals surface area contributed by atoms with Crippen LogP contribution in [-0.2, 0) is 4.79 Å². The van der Waals surface area contributed by atoms with Crippen LogP contribution in [0.2, 0.25) is 0 Å². The van der Waals surface area contributed by atoms with Crippen LogP contribution in [-0.4, -0.2) is 17.1 Å². The van der Waals surface area contributed by atoms with Gasteiger partial charge in [0.1, 0.15) is 0 Å². The van der Waals surface area contributed by atoms with Crippen LogP contribution in [0.25, 0.3) is 10.9 Å². The van der Waals surface area contributed by atoms with Gasteiger partial charge in [-0.2, -0.15) is 0 Å². The SMILES string of the molecule is CSc1ccnc2ccc(NC(=O)C3CC3)cc12. The summed E-state index contributed by atoms with van der Waals surface area (Å²) in [6.45, 7) is 0. The van der Waals surface area contributed by atoms with Crippen molar-refractivity contribution in [1.82, 2.24) is 4.98 Å². The van der Waals surface area contributed by atoms with Crippen molar-refractivity contribution in [3.05, 3.63) is 30.5 Å². The minimum Gasteiger partial charge on any atom is -0.326 e. The van der Waals surface area contributed by atoms with E-state index in [4.69, 9.17) is 0 Å². The van der Waals surface area contributed by atoms with Gasteiger partial charge >= 0.3 is 0 Å². The molecule has 1 fully saturated rings. The molecule has 18 heavy (non-hydrogen) atoms. The first-order valence-corrected chi connectivity index (χ1v) is 7.24. The van der Waals surface area contributed by atoms with Crippen molar-refractivity contribution in [1.29, 1.82) is 0 Å². The van der Waals surface area contributed by atoms with Crippen LogP contribution in [0.15, 0.2) is 35.4 Å². The fraction of sp³-hybridized carbons (Fsp3) is 0.286. The summed E-state index contributed by atoms with van der Waals surface area (Å²) in [5, 5.41) is 4.07. The Hall–Kier alpha value is -1.55. The fourth-order valence-electron chi connectivity index (χ4n) is 1.97. The number of thioether (sulfide) groups is 1. The number of fused-ring (bicyclic) bond motifs is 1. The average Bonchev–Trinajstić information content (AvgIpc) is 3.22. The summed E-state index contributed by atoms with van der Waals surface area (Å²) in [7, 11) is 0. The monoisotopic (exact) mass is 258 g/mol. The lowest BCUT2D eigenvalue weighted by atomic mass is 10.2.